The van der Waals surface area contributed by atoms with Gasteiger partial charge < -0.3 is 0 Å². The van der Waals surface area contributed by atoms with E-state index in [2.05, 4.69) is 0 Å². The van der Waals surface area contributed by atoms with E-state index in [4.69, 9.17) is 4.84 Å². The zero-order valence-electron chi connectivity index (χ0n) is 10.7. The quantitative estimate of drug-likeness (QED) is 0.618. The van der Waals surface area contributed by atoms with E-state index >= 15 is 0 Å². The molecule has 19 heavy (non-hydrogen) atoms. The molecule has 2 aromatic carbocycles. The van der Waals surface area contributed by atoms with Gasteiger partial charge in [0.1, 0.15) is 0 Å². The molecular formula is C16H15NO2. The molecule has 0 aliphatic heterocycles. The number of hydroxylamine groups is 1. The molecule has 0 atom stereocenters. The number of hydrogen-bond donors (Lipinski definition) is 0. The molecule has 0 saturated carbocycles. The summed E-state index contributed by atoms with van der Waals surface area (Å²) in [6, 6.07) is 18.9. The van der Waals surface area contributed by atoms with Crippen molar-refractivity contribution in [2.24, 2.45) is 0 Å². The van der Waals surface area contributed by atoms with E-state index in [-0.39, 0.29) is 5.91 Å². The third-order valence-electron chi connectivity index (χ3n) is 2.59. The van der Waals surface area contributed by atoms with Gasteiger partial charge in [0.15, 0.2) is 0 Å². The van der Waals surface area contributed by atoms with Crippen molar-refractivity contribution in [1.82, 2.24) is 0 Å². The van der Waals surface area contributed by atoms with Gasteiger partial charge in [-0.3, -0.25) is 9.63 Å². The largest absolute Gasteiger partial charge is 0.274 e. The summed E-state index contributed by atoms with van der Waals surface area (Å²) < 4.78 is 0. The van der Waals surface area contributed by atoms with Gasteiger partial charge in [-0.25, -0.2) is 0 Å². The topological polar surface area (TPSA) is 29.5 Å². The summed E-state index contributed by atoms with van der Waals surface area (Å²) in [5.74, 6) is -0.224. The van der Waals surface area contributed by atoms with Crippen LogP contribution >= 0.6 is 0 Å². The first-order valence-corrected chi connectivity index (χ1v) is 5.97. The first kappa shape index (κ1) is 13.1. The fourth-order valence-electron chi connectivity index (χ4n) is 1.69. The van der Waals surface area contributed by atoms with Crippen LogP contribution in [0, 0.1) is 0 Å². The number of carbonyl (C=O) groups is 1. The maximum Gasteiger partial charge on any atom is 0.274 e. The van der Waals surface area contributed by atoms with Gasteiger partial charge in [-0.2, -0.15) is 5.06 Å². The van der Waals surface area contributed by atoms with E-state index < -0.39 is 0 Å². The Morgan fingerprint density at radius 1 is 1.00 bits per heavy atom. The van der Waals surface area contributed by atoms with Crippen molar-refractivity contribution < 1.29 is 9.63 Å². The Morgan fingerprint density at radius 3 is 2.16 bits per heavy atom. The van der Waals surface area contributed by atoms with Gasteiger partial charge in [-0.1, -0.05) is 48.5 Å². The summed E-state index contributed by atoms with van der Waals surface area (Å²) in [6.45, 7) is 0. The van der Waals surface area contributed by atoms with E-state index in [9.17, 15) is 4.79 Å². The highest BCUT2D eigenvalue weighted by atomic mass is 16.7. The number of anilines is 1. The van der Waals surface area contributed by atoms with Gasteiger partial charge in [0.05, 0.1) is 12.8 Å². The first-order valence-electron chi connectivity index (χ1n) is 5.97. The van der Waals surface area contributed by atoms with Gasteiger partial charge in [0, 0.05) is 6.08 Å². The van der Waals surface area contributed by atoms with Crippen LogP contribution in [-0.4, -0.2) is 13.0 Å². The van der Waals surface area contributed by atoms with E-state index in [0.717, 1.165) is 5.56 Å². The van der Waals surface area contributed by atoms with Crippen molar-refractivity contribution in [3.05, 3.63) is 72.3 Å². The zero-order chi connectivity index (χ0) is 13.5. The second kappa shape index (κ2) is 6.52. The third kappa shape index (κ3) is 3.53. The van der Waals surface area contributed by atoms with Crippen LogP contribution in [0.1, 0.15) is 5.56 Å². The normalized spacial score (nSPS) is 10.6. The fraction of sp³-hybridized carbons (Fsp3) is 0.0625. The average Bonchev–Trinajstić information content (AvgIpc) is 2.48. The van der Waals surface area contributed by atoms with E-state index in [1.807, 2.05) is 60.7 Å². The van der Waals surface area contributed by atoms with E-state index in [0.29, 0.717) is 5.69 Å². The highest BCUT2D eigenvalue weighted by molar-refractivity contribution is 6.02. The molecule has 0 aromatic heterocycles. The molecule has 3 nitrogen and oxygen atoms in total. The summed E-state index contributed by atoms with van der Waals surface area (Å²) in [5.41, 5.74) is 1.67. The second-order valence-corrected chi connectivity index (χ2v) is 3.89. The average molecular weight is 253 g/mol. The minimum atomic E-state index is -0.224. The number of hydrogen-bond acceptors (Lipinski definition) is 2. The maximum absolute atomic E-state index is 12.1. The smallest absolute Gasteiger partial charge is 0.269 e. The Labute approximate surface area is 112 Å². The van der Waals surface area contributed by atoms with Crippen molar-refractivity contribution >= 4 is 17.7 Å². The van der Waals surface area contributed by atoms with E-state index in [1.165, 1.54) is 18.2 Å². The molecule has 96 valence electrons. The number of para-hydroxylation sites is 1. The van der Waals surface area contributed by atoms with Crippen molar-refractivity contribution in [2.45, 2.75) is 0 Å². The molecular weight excluding hydrogens is 238 g/mol. The van der Waals surface area contributed by atoms with Gasteiger partial charge in [-0.05, 0) is 23.8 Å². The lowest BCUT2D eigenvalue weighted by atomic mass is 10.2. The van der Waals surface area contributed by atoms with Crippen molar-refractivity contribution in [3.63, 3.8) is 0 Å². The molecule has 0 spiro atoms. The van der Waals surface area contributed by atoms with Crippen molar-refractivity contribution in [3.8, 4) is 0 Å². The molecule has 3 heteroatoms. The van der Waals surface area contributed by atoms with Gasteiger partial charge >= 0.3 is 0 Å². The Kier molecular flexibility index (Phi) is 4.48. The number of rotatable bonds is 4. The Balaban J connectivity index is 2.12. The van der Waals surface area contributed by atoms with Crippen molar-refractivity contribution in [2.75, 3.05) is 12.2 Å². The summed E-state index contributed by atoms with van der Waals surface area (Å²) in [5, 5.41) is 1.25. The monoisotopic (exact) mass is 253 g/mol. The van der Waals surface area contributed by atoms with Gasteiger partial charge in [0.25, 0.3) is 5.91 Å². The molecule has 0 N–H and O–H groups in total. The van der Waals surface area contributed by atoms with Gasteiger partial charge in [-0.15, -0.1) is 0 Å². The number of nitrogens with zero attached hydrogens (tertiary/aromatic N) is 1. The summed E-state index contributed by atoms with van der Waals surface area (Å²) >= 11 is 0. The van der Waals surface area contributed by atoms with Gasteiger partial charge in [0.2, 0.25) is 0 Å². The highest BCUT2D eigenvalue weighted by Gasteiger charge is 2.11. The summed E-state index contributed by atoms with van der Waals surface area (Å²) in [7, 11) is 1.47. The fourth-order valence-corrected chi connectivity index (χ4v) is 1.69. The predicted molar refractivity (Wildman–Crippen MR) is 76.4 cm³/mol. The molecule has 0 fully saturated rings. The lowest BCUT2D eigenvalue weighted by Crippen LogP contribution is -2.27. The number of benzene rings is 2. The highest BCUT2D eigenvalue weighted by Crippen LogP contribution is 2.14. The third-order valence-corrected chi connectivity index (χ3v) is 2.59. The molecule has 2 aromatic rings. The lowest BCUT2D eigenvalue weighted by Gasteiger charge is -2.17. The molecule has 0 radical (unpaired) electrons. The maximum atomic E-state index is 12.1. The van der Waals surface area contributed by atoms with Crippen LogP contribution in [0.4, 0.5) is 5.69 Å². The molecule has 0 aliphatic rings. The molecule has 0 aliphatic carbocycles. The Morgan fingerprint density at radius 2 is 1.58 bits per heavy atom. The first-order chi connectivity index (χ1) is 9.31. The minimum Gasteiger partial charge on any atom is -0.269 e. The Bertz CT molecular complexity index is 549. The van der Waals surface area contributed by atoms with Crippen LogP contribution in [0.25, 0.3) is 6.08 Å². The van der Waals surface area contributed by atoms with Crippen molar-refractivity contribution in [1.29, 1.82) is 0 Å². The zero-order valence-corrected chi connectivity index (χ0v) is 10.7. The molecule has 1 amide bonds. The molecule has 0 unspecified atom stereocenters. The SMILES string of the molecule is CON(C(=O)C=Cc1ccccc1)c1ccccc1. The summed E-state index contributed by atoms with van der Waals surface area (Å²) in [4.78, 5) is 17.2. The van der Waals surface area contributed by atoms with Crippen LogP contribution < -0.4 is 5.06 Å². The van der Waals surface area contributed by atoms with E-state index in [1.54, 1.807) is 6.08 Å². The summed E-state index contributed by atoms with van der Waals surface area (Å²) in [6.07, 6.45) is 3.25. The Hall–Kier alpha value is -2.39. The lowest BCUT2D eigenvalue weighted by molar-refractivity contribution is -0.120. The molecule has 0 heterocycles. The van der Waals surface area contributed by atoms with Crippen LogP contribution in [0.15, 0.2) is 66.7 Å². The molecule has 0 saturated heterocycles. The predicted octanol–water partition coefficient (Wildman–Crippen LogP) is 3.29. The van der Waals surface area contributed by atoms with Crippen LogP contribution in [0.5, 0.6) is 0 Å². The molecule has 0 bridgehead atoms. The molecule has 2 rings (SSSR count). The standard InChI is InChI=1S/C16H15NO2/c1-19-17(15-10-6-3-7-11-15)16(18)13-12-14-8-4-2-5-9-14/h2-13H,1H3. The number of amides is 1. The number of carbonyl (C=O) groups excluding carboxylic acids is 1. The minimum absolute atomic E-state index is 0.224. The van der Waals surface area contributed by atoms with Crippen LogP contribution in [-0.2, 0) is 9.63 Å². The van der Waals surface area contributed by atoms with Crippen LogP contribution in [0.2, 0.25) is 0 Å². The van der Waals surface area contributed by atoms with Crippen LogP contribution in [0.3, 0.4) is 0 Å². The second-order valence-electron chi connectivity index (χ2n) is 3.89.